The summed E-state index contributed by atoms with van der Waals surface area (Å²) in [5, 5.41) is -1.12. The van der Waals surface area contributed by atoms with Gasteiger partial charge in [-0.1, -0.05) is 6.92 Å². The maximum absolute atomic E-state index is 11.2. The summed E-state index contributed by atoms with van der Waals surface area (Å²) >= 11 is 0. The van der Waals surface area contributed by atoms with Crippen molar-refractivity contribution < 1.29 is 13.0 Å². The highest BCUT2D eigenvalue weighted by Crippen LogP contribution is 2.62. The molecule has 2 atom stereocenters. The van der Waals surface area contributed by atoms with E-state index in [9.17, 15) is 8.42 Å². The van der Waals surface area contributed by atoms with Crippen LogP contribution in [0.1, 0.15) is 51.9 Å². The molecule has 2 unspecified atom stereocenters. The summed E-state index contributed by atoms with van der Waals surface area (Å²) in [6.07, 6.45) is 8.77. The van der Waals surface area contributed by atoms with Crippen LogP contribution in [0.3, 0.4) is 0 Å². The van der Waals surface area contributed by atoms with Crippen LogP contribution in [0.25, 0.3) is 0 Å². The van der Waals surface area contributed by atoms with E-state index in [-0.39, 0.29) is 5.92 Å². The average molecular weight is 287 g/mol. The lowest BCUT2D eigenvalue weighted by Crippen LogP contribution is -2.48. The van der Waals surface area contributed by atoms with Crippen molar-refractivity contribution in [2.75, 3.05) is 0 Å². The second kappa shape index (κ2) is 4.43. The Morgan fingerprint density at radius 3 is 1.95 bits per heavy atom. The van der Waals surface area contributed by atoms with Crippen LogP contribution in [-0.2, 0) is 10.1 Å². The van der Waals surface area contributed by atoms with E-state index in [2.05, 4.69) is 0 Å². The van der Waals surface area contributed by atoms with Gasteiger partial charge in [0, 0.05) is 0 Å². The summed E-state index contributed by atoms with van der Waals surface area (Å²) in [7, 11) is -4.11. The van der Waals surface area contributed by atoms with E-state index in [1.165, 1.54) is 38.5 Å². The Morgan fingerprint density at radius 1 is 1.16 bits per heavy atom. The van der Waals surface area contributed by atoms with Crippen molar-refractivity contribution in [3.05, 3.63) is 0 Å². The fraction of sp³-hybridized carbons (Fsp3) is 1.00. The zero-order valence-corrected chi connectivity index (χ0v) is 12.4. The third-order valence-corrected chi connectivity index (χ3v) is 6.98. The molecule has 4 bridgehead atoms. The average Bonchev–Trinajstić information content (AvgIpc) is 2.23. The molecule has 0 spiro atoms. The highest BCUT2D eigenvalue weighted by Gasteiger charge is 2.51. The van der Waals surface area contributed by atoms with Crippen LogP contribution < -0.4 is 5.73 Å². The summed E-state index contributed by atoms with van der Waals surface area (Å²) in [4.78, 5) is 0. The Kier molecular flexibility index (Phi) is 3.23. The first-order chi connectivity index (χ1) is 8.77. The maximum Gasteiger partial charge on any atom is 0.281 e. The fourth-order valence-corrected chi connectivity index (χ4v) is 6.32. The van der Waals surface area contributed by atoms with Gasteiger partial charge in [-0.3, -0.25) is 4.55 Å². The van der Waals surface area contributed by atoms with Crippen molar-refractivity contribution in [1.82, 2.24) is 0 Å². The number of nitrogens with two attached hydrogens (primary N) is 1. The van der Waals surface area contributed by atoms with E-state index in [4.69, 9.17) is 10.3 Å². The van der Waals surface area contributed by atoms with Crippen LogP contribution in [0.15, 0.2) is 0 Å². The van der Waals surface area contributed by atoms with Crippen molar-refractivity contribution in [1.29, 1.82) is 0 Å². The van der Waals surface area contributed by atoms with Gasteiger partial charge in [0.15, 0.2) is 0 Å². The summed E-state index contributed by atoms with van der Waals surface area (Å²) in [5.74, 6) is 2.42. The lowest BCUT2D eigenvalue weighted by molar-refractivity contribution is -0.0644. The molecule has 3 N–H and O–H groups in total. The van der Waals surface area contributed by atoms with Crippen molar-refractivity contribution in [3.8, 4) is 0 Å². The Morgan fingerprint density at radius 2 is 1.58 bits per heavy atom. The summed E-state index contributed by atoms with van der Waals surface area (Å²) < 4.78 is 31.5. The van der Waals surface area contributed by atoms with Gasteiger partial charge in [0.1, 0.15) is 5.37 Å². The van der Waals surface area contributed by atoms with Gasteiger partial charge < -0.3 is 5.73 Å². The molecule has 4 aliphatic rings. The molecule has 19 heavy (non-hydrogen) atoms. The molecule has 4 saturated carbocycles. The first-order valence-electron chi connectivity index (χ1n) is 7.49. The summed E-state index contributed by atoms with van der Waals surface area (Å²) in [6.45, 7) is 1.87. The van der Waals surface area contributed by atoms with Crippen molar-refractivity contribution >= 4 is 10.1 Å². The monoisotopic (exact) mass is 287 g/mol. The van der Waals surface area contributed by atoms with Crippen LogP contribution in [0.5, 0.6) is 0 Å². The molecule has 5 heteroatoms. The molecule has 0 heterocycles. The zero-order valence-electron chi connectivity index (χ0n) is 11.6. The van der Waals surface area contributed by atoms with Crippen LogP contribution in [0, 0.1) is 29.1 Å². The lowest BCUT2D eigenvalue weighted by Gasteiger charge is -2.57. The molecular weight excluding hydrogens is 262 g/mol. The standard InChI is InChI=1S/C14H25NO3S/c1-9(13(15)19(16,17)18)5-14-6-10-2-11(7-14)4-12(3-10)8-14/h9-13H,2-8,15H2,1H3,(H,16,17,18). The SMILES string of the molecule is CC(CC12CC3CC(CC(C3)C1)C2)C(N)S(=O)(=O)O. The van der Waals surface area contributed by atoms with Gasteiger partial charge in [-0.15, -0.1) is 0 Å². The zero-order chi connectivity index (χ0) is 13.8. The minimum absolute atomic E-state index is 0.161. The van der Waals surface area contributed by atoms with Gasteiger partial charge in [-0.05, 0) is 74.0 Å². The van der Waals surface area contributed by atoms with Crippen LogP contribution in [0.4, 0.5) is 0 Å². The second-order valence-electron chi connectivity index (χ2n) is 7.58. The van der Waals surface area contributed by atoms with Crippen LogP contribution in [0.2, 0.25) is 0 Å². The summed E-state index contributed by atoms with van der Waals surface area (Å²) in [5.41, 5.74) is 6.00. The molecule has 0 saturated heterocycles. The first kappa shape index (κ1) is 13.8. The van der Waals surface area contributed by atoms with Gasteiger partial charge in [0.05, 0.1) is 0 Å². The molecule has 0 aromatic rings. The Labute approximate surface area is 115 Å². The molecular formula is C14H25NO3S. The van der Waals surface area contributed by atoms with Gasteiger partial charge in [-0.25, -0.2) is 0 Å². The number of hydrogen-bond donors (Lipinski definition) is 2. The van der Waals surface area contributed by atoms with Crippen molar-refractivity contribution in [2.24, 2.45) is 34.8 Å². The van der Waals surface area contributed by atoms with Crippen LogP contribution in [-0.4, -0.2) is 18.3 Å². The molecule has 0 radical (unpaired) electrons. The molecule has 4 nitrogen and oxygen atoms in total. The smallest absolute Gasteiger partial charge is 0.281 e. The Bertz CT molecular complexity index is 424. The van der Waals surface area contributed by atoms with Gasteiger partial charge >= 0.3 is 0 Å². The summed E-state index contributed by atoms with van der Waals surface area (Å²) in [6, 6.07) is 0. The highest BCUT2D eigenvalue weighted by molar-refractivity contribution is 7.86. The topological polar surface area (TPSA) is 80.4 Å². The predicted molar refractivity (Wildman–Crippen MR) is 73.9 cm³/mol. The minimum atomic E-state index is -4.11. The van der Waals surface area contributed by atoms with Crippen molar-refractivity contribution in [3.63, 3.8) is 0 Å². The quantitative estimate of drug-likeness (QED) is 0.778. The Balaban J connectivity index is 1.73. The van der Waals surface area contributed by atoms with Crippen molar-refractivity contribution in [2.45, 2.75) is 57.2 Å². The molecule has 110 valence electrons. The molecule has 0 aliphatic heterocycles. The largest absolute Gasteiger partial charge is 0.313 e. The second-order valence-corrected chi connectivity index (χ2v) is 9.15. The first-order valence-corrected chi connectivity index (χ1v) is 9.00. The van der Waals surface area contributed by atoms with Crippen LogP contribution >= 0.6 is 0 Å². The molecule has 0 aromatic carbocycles. The molecule has 4 rings (SSSR count). The Hall–Kier alpha value is -0.130. The lowest BCUT2D eigenvalue weighted by atomic mass is 9.48. The number of hydrogen-bond acceptors (Lipinski definition) is 3. The van der Waals surface area contributed by atoms with E-state index in [0.717, 1.165) is 24.2 Å². The third-order valence-electron chi connectivity index (χ3n) is 5.82. The molecule has 0 aromatic heterocycles. The van der Waals surface area contributed by atoms with E-state index < -0.39 is 15.5 Å². The van der Waals surface area contributed by atoms with Gasteiger partial charge in [0.25, 0.3) is 10.1 Å². The normalized spacial score (nSPS) is 44.3. The fourth-order valence-electron chi connectivity index (χ4n) is 5.63. The molecule has 4 fully saturated rings. The van der Waals surface area contributed by atoms with E-state index >= 15 is 0 Å². The van der Waals surface area contributed by atoms with E-state index in [0.29, 0.717) is 5.41 Å². The number of rotatable bonds is 4. The predicted octanol–water partition coefficient (Wildman–Crippen LogP) is 2.40. The van der Waals surface area contributed by atoms with E-state index in [1.54, 1.807) is 0 Å². The third kappa shape index (κ3) is 2.57. The molecule has 0 amide bonds. The van der Waals surface area contributed by atoms with Gasteiger partial charge in [0.2, 0.25) is 0 Å². The maximum atomic E-state index is 11.2. The minimum Gasteiger partial charge on any atom is -0.313 e. The van der Waals surface area contributed by atoms with Gasteiger partial charge in [-0.2, -0.15) is 8.42 Å². The van der Waals surface area contributed by atoms with E-state index in [1.807, 2.05) is 6.92 Å². The molecule has 4 aliphatic carbocycles. The highest BCUT2D eigenvalue weighted by atomic mass is 32.2.